The average Bonchev–Trinajstić information content (AvgIpc) is 2.95. The molecule has 3 rings (SSSR count). The van der Waals surface area contributed by atoms with Crippen LogP contribution in [0.15, 0.2) is 48.0 Å². The van der Waals surface area contributed by atoms with Crippen LogP contribution >= 0.6 is 11.3 Å². The van der Waals surface area contributed by atoms with Crippen LogP contribution in [0.3, 0.4) is 0 Å². The lowest BCUT2D eigenvalue weighted by molar-refractivity contribution is 0.0696. The number of amides is 1. The Morgan fingerprint density at radius 3 is 2.48 bits per heavy atom. The summed E-state index contributed by atoms with van der Waals surface area (Å²) in [5.74, 6) is -1.24. The Labute approximate surface area is 123 Å². The van der Waals surface area contributed by atoms with Crippen molar-refractivity contribution in [1.29, 1.82) is 0 Å². The van der Waals surface area contributed by atoms with Crippen LogP contribution in [0.4, 0.5) is 5.69 Å². The number of aromatic carboxylic acids is 1. The second-order valence-corrected chi connectivity index (χ2v) is 5.26. The molecule has 0 radical (unpaired) electrons. The molecule has 5 nitrogen and oxygen atoms in total. The summed E-state index contributed by atoms with van der Waals surface area (Å²) in [5, 5.41) is 11.6. The van der Waals surface area contributed by atoms with Crippen LogP contribution in [0, 0.1) is 0 Å². The maximum atomic E-state index is 12.2. The van der Waals surface area contributed by atoms with Gasteiger partial charge in [0.15, 0.2) is 0 Å². The first-order valence-corrected chi connectivity index (χ1v) is 6.99. The Morgan fingerprint density at radius 1 is 1.05 bits per heavy atom. The zero-order chi connectivity index (χ0) is 14.8. The Kier molecular flexibility index (Phi) is 3.37. The third-order valence-electron chi connectivity index (χ3n) is 2.98. The van der Waals surface area contributed by atoms with Gasteiger partial charge in [-0.05, 0) is 42.5 Å². The summed E-state index contributed by atoms with van der Waals surface area (Å²) < 4.78 is 0.948. The number of hydrogen-bond acceptors (Lipinski definition) is 4. The third-order valence-corrected chi connectivity index (χ3v) is 3.77. The first-order chi connectivity index (χ1) is 10.1. The Morgan fingerprint density at radius 2 is 1.76 bits per heavy atom. The summed E-state index contributed by atoms with van der Waals surface area (Å²) in [7, 11) is 0. The van der Waals surface area contributed by atoms with E-state index in [0.29, 0.717) is 11.3 Å². The molecule has 0 unspecified atom stereocenters. The lowest BCUT2D eigenvalue weighted by Crippen LogP contribution is -2.11. The van der Waals surface area contributed by atoms with Crippen molar-refractivity contribution in [3.63, 3.8) is 0 Å². The number of anilines is 1. The van der Waals surface area contributed by atoms with Crippen molar-refractivity contribution in [2.45, 2.75) is 0 Å². The molecular formula is C15H10N2O3S. The molecule has 1 amide bonds. The molecular weight excluding hydrogens is 288 g/mol. The first kappa shape index (κ1) is 13.3. The van der Waals surface area contributed by atoms with Crippen molar-refractivity contribution >= 4 is 39.1 Å². The van der Waals surface area contributed by atoms with Crippen LogP contribution in [0.1, 0.15) is 20.7 Å². The molecule has 0 saturated heterocycles. The quantitative estimate of drug-likeness (QED) is 0.778. The van der Waals surface area contributed by atoms with E-state index in [1.165, 1.54) is 23.5 Å². The van der Waals surface area contributed by atoms with Gasteiger partial charge in [0, 0.05) is 11.3 Å². The van der Waals surface area contributed by atoms with Gasteiger partial charge in [-0.3, -0.25) is 4.79 Å². The maximum Gasteiger partial charge on any atom is 0.335 e. The number of benzene rings is 2. The number of fused-ring (bicyclic) bond motifs is 1. The van der Waals surface area contributed by atoms with E-state index in [2.05, 4.69) is 10.3 Å². The van der Waals surface area contributed by atoms with Gasteiger partial charge in [-0.2, -0.15) is 0 Å². The minimum atomic E-state index is -0.997. The van der Waals surface area contributed by atoms with E-state index in [-0.39, 0.29) is 11.5 Å². The van der Waals surface area contributed by atoms with E-state index in [9.17, 15) is 9.59 Å². The smallest absolute Gasteiger partial charge is 0.335 e. The summed E-state index contributed by atoms with van der Waals surface area (Å²) in [4.78, 5) is 27.1. The number of thiazole rings is 1. The molecule has 104 valence electrons. The van der Waals surface area contributed by atoms with Crippen LogP contribution in [-0.4, -0.2) is 22.0 Å². The van der Waals surface area contributed by atoms with E-state index >= 15 is 0 Å². The van der Waals surface area contributed by atoms with Crippen LogP contribution in [0.5, 0.6) is 0 Å². The van der Waals surface area contributed by atoms with Crippen molar-refractivity contribution in [2.75, 3.05) is 5.32 Å². The van der Waals surface area contributed by atoms with Crippen LogP contribution in [0.2, 0.25) is 0 Å². The Balaban J connectivity index is 1.80. The topological polar surface area (TPSA) is 79.3 Å². The number of nitrogens with one attached hydrogen (secondary N) is 1. The minimum absolute atomic E-state index is 0.180. The van der Waals surface area contributed by atoms with Crippen LogP contribution in [-0.2, 0) is 0 Å². The van der Waals surface area contributed by atoms with Crippen molar-refractivity contribution < 1.29 is 14.7 Å². The van der Waals surface area contributed by atoms with Gasteiger partial charge in [0.1, 0.15) is 0 Å². The number of aromatic nitrogens is 1. The molecule has 1 heterocycles. The van der Waals surface area contributed by atoms with Crippen LogP contribution < -0.4 is 5.32 Å². The number of carbonyl (C=O) groups is 2. The van der Waals surface area contributed by atoms with Crippen molar-refractivity contribution in [3.05, 3.63) is 59.1 Å². The number of carbonyl (C=O) groups excluding carboxylic acids is 1. The molecule has 2 N–H and O–H groups in total. The van der Waals surface area contributed by atoms with Crippen molar-refractivity contribution in [3.8, 4) is 0 Å². The fraction of sp³-hybridized carbons (Fsp3) is 0. The molecule has 0 aliphatic carbocycles. The van der Waals surface area contributed by atoms with Gasteiger partial charge in [0.05, 0.1) is 21.3 Å². The molecule has 1 aromatic heterocycles. The fourth-order valence-corrected chi connectivity index (χ4v) is 2.61. The molecule has 3 aromatic rings. The lowest BCUT2D eigenvalue weighted by atomic mass is 10.1. The molecule has 0 saturated carbocycles. The van der Waals surface area contributed by atoms with Gasteiger partial charge >= 0.3 is 5.97 Å². The van der Waals surface area contributed by atoms with E-state index in [4.69, 9.17) is 5.11 Å². The number of nitrogens with zero attached hydrogens (tertiary/aromatic N) is 1. The van der Waals surface area contributed by atoms with Gasteiger partial charge < -0.3 is 10.4 Å². The summed E-state index contributed by atoms with van der Waals surface area (Å²) in [6.45, 7) is 0. The Hall–Kier alpha value is -2.73. The van der Waals surface area contributed by atoms with Crippen molar-refractivity contribution in [2.24, 2.45) is 0 Å². The van der Waals surface area contributed by atoms with Gasteiger partial charge in [-0.15, -0.1) is 11.3 Å². The summed E-state index contributed by atoms with van der Waals surface area (Å²) >= 11 is 1.47. The number of carboxylic acid groups (broad SMARTS) is 1. The lowest BCUT2D eigenvalue weighted by Gasteiger charge is -2.05. The van der Waals surface area contributed by atoms with Gasteiger partial charge in [0.25, 0.3) is 5.91 Å². The summed E-state index contributed by atoms with van der Waals surface area (Å²) in [5.41, 5.74) is 3.86. The normalized spacial score (nSPS) is 10.5. The second kappa shape index (κ2) is 5.34. The highest BCUT2D eigenvalue weighted by molar-refractivity contribution is 7.16. The Bertz CT molecular complexity index is 824. The third kappa shape index (κ3) is 2.75. The van der Waals surface area contributed by atoms with E-state index in [1.54, 1.807) is 35.8 Å². The summed E-state index contributed by atoms with van der Waals surface area (Å²) in [6, 6.07) is 11.3. The number of carboxylic acids is 1. The van der Waals surface area contributed by atoms with E-state index < -0.39 is 5.97 Å². The highest BCUT2D eigenvalue weighted by Gasteiger charge is 2.09. The van der Waals surface area contributed by atoms with Gasteiger partial charge in [0.2, 0.25) is 0 Å². The number of rotatable bonds is 3. The summed E-state index contributed by atoms with van der Waals surface area (Å²) in [6.07, 6.45) is 0. The van der Waals surface area contributed by atoms with Crippen molar-refractivity contribution in [1.82, 2.24) is 4.98 Å². The largest absolute Gasteiger partial charge is 0.478 e. The van der Waals surface area contributed by atoms with E-state index in [0.717, 1.165) is 10.2 Å². The first-order valence-electron chi connectivity index (χ1n) is 6.11. The molecule has 0 spiro atoms. The average molecular weight is 298 g/mol. The highest BCUT2D eigenvalue weighted by Crippen LogP contribution is 2.20. The monoisotopic (exact) mass is 298 g/mol. The SMILES string of the molecule is O=C(O)c1ccc(NC(=O)c2ccc3ncsc3c2)cc1. The standard InChI is InChI=1S/C15H10N2O3S/c18-14(10-3-6-12-13(7-10)21-8-16-12)17-11-4-1-9(2-5-11)15(19)20/h1-8H,(H,17,18)(H,19,20). The van der Waals surface area contributed by atoms with E-state index in [1.807, 2.05) is 0 Å². The molecule has 0 aliphatic rings. The molecule has 0 fully saturated rings. The zero-order valence-electron chi connectivity index (χ0n) is 10.7. The van der Waals surface area contributed by atoms with Gasteiger partial charge in [-0.1, -0.05) is 0 Å². The molecule has 2 aromatic carbocycles. The highest BCUT2D eigenvalue weighted by atomic mass is 32.1. The molecule has 0 bridgehead atoms. The van der Waals surface area contributed by atoms with Crippen LogP contribution in [0.25, 0.3) is 10.2 Å². The molecule has 0 aliphatic heterocycles. The zero-order valence-corrected chi connectivity index (χ0v) is 11.6. The second-order valence-electron chi connectivity index (χ2n) is 4.37. The van der Waals surface area contributed by atoms with Gasteiger partial charge in [-0.25, -0.2) is 9.78 Å². The maximum absolute atomic E-state index is 12.2. The molecule has 6 heteroatoms. The molecule has 21 heavy (non-hydrogen) atoms. The predicted molar refractivity (Wildman–Crippen MR) is 81.0 cm³/mol. The predicted octanol–water partition coefficient (Wildman–Crippen LogP) is 3.25. The minimum Gasteiger partial charge on any atom is -0.478 e. The molecule has 0 atom stereocenters. The number of hydrogen-bond donors (Lipinski definition) is 2. The fourth-order valence-electron chi connectivity index (χ4n) is 1.90.